The summed E-state index contributed by atoms with van der Waals surface area (Å²) in [6.07, 6.45) is 4.00. The van der Waals surface area contributed by atoms with Crippen molar-refractivity contribution in [2.45, 2.75) is 10.3 Å². The molecule has 0 radical (unpaired) electrons. The van der Waals surface area contributed by atoms with Gasteiger partial charge in [0.25, 0.3) is 5.91 Å². The fourth-order valence-corrected chi connectivity index (χ4v) is 7.55. The minimum absolute atomic E-state index is 0.183. The number of amides is 1. The van der Waals surface area contributed by atoms with Crippen LogP contribution >= 0.6 is 11.3 Å². The van der Waals surface area contributed by atoms with Crippen molar-refractivity contribution in [1.82, 2.24) is 0 Å². The molecular weight excluding hydrogens is 350 g/mol. The number of thiophene rings is 1. The number of rotatable bonds is 0. The van der Waals surface area contributed by atoms with Crippen molar-refractivity contribution in [3.8, 4) is 0 Å². The highest BCUT2D eigenvalue weighted by Gasteiger charge is 2.62. The average molecular weight is 361 g/mol. The van der Waals surface area contributed by atoms with E-state index in [9.17, 15) is 9.00 Å². The predicted molar refractivity (Wildman–Crippen MR) is 100 cm³/mol. The number of aliphatic imine (C=N–C) groups is 1. The maximum absolute atomic E-state index is 13.1. The first-order valence-corrected chi connectivity index (χ1v) is 10.0. The van der Waals surface area contributed by atoms with Crippen molar-refractivity contribution in [2.75, 3.05) is 0 Å². The number of carbonyl (C=O) groups excluding carboxylic acids is 1. The molecule has 3 aliphatic rings. The molecule has 0 saturated carbocycles. The van der Waals surface area contributed by atoms with Crippen LogP contribution in [0.15, 0.2) is 64.5 Å². The van der Waals surface area contributed by atoms with Crippen LogP contribution in [0, 0.1) is 5.92 Å². The summed E-state index contributed by atoms with van der Waals surface area (Å²) in [5.74, 6) is -0.576. The van der Waals surface area contributed by atoms with E-state index in [2.05, 4.69) is 17.1 Å². The third-order valence-corrected chi connectivity index (χ3v) is 8.26. The Labute approximate surface area is 150 Å². The molecule has 1 aliphatic carbocycles. The zero-order valence-corrected chi connectivity index (χ0v) is 14.6. The Hall–Kier alpha value is -2.37. The summed E-state index contributed by atoms with van der Waals surface area (Å²) in [4.78, 5) is 18.8. The second-order valence-electron chi connectivity index (χ2n) is 6.51. The second-order valence-corrected chi connectivity index (χ2v) is 8.92. The molecule has 3 nitrogen and oxygen atoms in total. The lowest BCUT2D eigenvalue weighted by molar-refractivity contribution is -0.120. The molecule has 1 spiro atoms. The van der Waals surface area contributed by atoms with Crippen molar-refractivity contribution in [3.05, 3.63) is 70.6 Å². The second kappa shape index (κ2) is 4.42. The van der Waals surface area contributed by atoms with Crippen LogP contribution in [-0.4, -0.2) is 15.2 Å². The molecule has 6 rings (SSSR count). The maximum Gasteiger partial charge on any atom is 0.255 e. The van der Waals surface area contributed by atoms with Crippen LogP contribution in [0.4, 0.5) is 0 Å². The Morgan fingerprint density at radius 2 is 1.88 bits per heavy atom. The summed E-state index contributed by atoms with van der Waals surface area (Å²) in [5, 5.41) is 1.70. The number of nitrogens with zero attached hydrogens (tertiary/aromatic N) is 1. The molecule has 3 heterocycles. The molecular formula is C20H11NO2S2. The first-order valence-electron chi connectivity index (χ1n) is 8.07. The number of benzene rings is 2. The summed E-state index contributed by atoms with van der Waals surface area (Å²) in [6, 6.07) is 16.0. The first-order chi connectivity index (χ1) is 12.2. The van der Waals surface area contributed by atoms with Gasteiger partial charge in [0.1, 0.15) is 15.8 Å². The van der Waals surface area contributed by atoms with E-state index >= 15 is 0 Å². The van der Waals surface area contributed by atoms with Crippen LogP contribution in [0.2, 0.25) is 0 Å². The lowest BCUT2D eigenvalue weighted by Gasteiger charge is -2.32. The minimum atomic E-state index is -1.38. The normalized spacial score (nSPS) is 28.5. The van der Waals surface area contributed by atoms with E-state index in [1.807, 2.05) is 48.6 Å². The molecule has 5 heteroatoms. The predicted octanol–water partition coefficient (Wildman–Crippen LogP) is 3.89. The Kier molecular flexibility index (Phi) is 2.45. The van der Waals surface area contributed by atoms with E-state index in [0.717, 1.165) is 20.9 Å². The number of carbonyl (C=O) groups is 1. The summed E-state index contributed by atoms with van der Waals surface area (Å²) < 4.78 is 14.3. The molecule has 3 atom stereocenters. The van der Waals surface area contributed by atoms with Crippen LogP contribution in [0.25, 0.3) is 16.2 Å². The van der Waals surface area contributed by atoms with Gasteiger partial charge in [0.2, 0.25) is 0 Å². The van der Waals surface area contributed by atoms with Gasteiger partial charge >= 0.3 is 0 Å². The lowest BCUT2D eigenvalue weighted by atomic mass is 9.67. The standard InChI is InChI=1S/C20H11NO2S2/c22-18-14-10-9-12-11-5-1-3-7-15(11)24-17(12)20(14)13-6-2-4-8-16(13)25(23)19(20)21-18/h1-10,14H. The molecule has 120 valence electrons. The highest BCUT2D eigenvalue weighted by Crippen LogP contribution is 2.58. The molecule has 3 unspecified atom stereocenters. The van der Waals surface area contributed by atoms with Gasteiger partial charge in [-0.2, -0.15) is 0 Å². The zero-order chi connectivity index (χ0) is 16.8. The fraction of sp³-hybridized carbons (Fsp3) is 0.100. The van der Waals surface area contributed by atoms with Crippen LogP contribution in [0.1, 0.15) is 16.0 Å². The van der Waals surface area contributed by atoms with Gasteiger partial charge in [0.15, 0.2) is 0 Å². The number of fused-ring (bicyclic) bond motifs is 4. The van der Waals surface area contributed by atoms with E-state index in [0.29, 0.717) is 5.04 Å². The van der Waals surface area contributed by atoms with Gasteiger partial charge in [-0.25, -0.2) is 9.20 Å². The molecule has 3 aromatic rings. The van der Waals surface area contributed by atoms with Gasteiger partial charge in [-0.05, 0) is 28.6 Å². The first kappa shape index (κ1) is 13.9. The van der Waals surface area contributed by atoms with Crippen molar-refractivity contribution < 1.29 is 9.00 Å². The fourth-order valence-electron chi connectivity index (χ4n) is 4.41. The van der Waals surface area contributed by atoms with Gasteiger partial charge in [-0.15, -0.1) is 11.3 Å². The van der Waals surface area contributed by atoms with Crippen LogP contribution in [-0.2, 0) is 21.0 Å². The lowest BCUT2D eigenvalue weighted by Crippen LogP contribution is -2.40. The highest BCUT2D eigenvalue weighted by molar-refractivity contribution is 8.01. The van der Waals surface area contributed by atoms with Crippen molar-refractivity contribution in [1.29, 1.82) is 0 Å². The Morgan fingerprint density at radius 1 is 1.08 bits per heavy atom. The van der Waals surface area contributed by atoms with Gasteiger partial charge in [-0.3, -0.25) is 4.79 Å². The van der Waals surface area contributed by atoms with Crippen LogP contribution in [0.5, 0.6) is 0 Å². The quantitative estimate of drug-likeness (QED) is 0.610. The molecule has 0 N–H and O–H groups in total. The van der Waals surface area contributed by atoms with Gasteiger partial charge < -0.3 is 0 Å². The third kappa shape index (κ3) is 1.42. The van der Waals surface area contributed by atoms with Crippen molar-refractivity contribution >= 4 is 49.2 Å². The average Bonchev–Trinajstić information content (AvgIpc) is 3.24. The Balaban J connectivity index is 1.81. The minimum Gasteiger partial charge on any atom is -0.272 e. The third-order valence-electron chi connectivity index (χ3n) is 5.42. The van der Waals surface area contributed by atoms with E-state index < -0.39 is 22.1 Å². The number of hydrogen-bond donors (Lipinski definition) is 0. The Bertz CT molecular complexity index is 1200. The van der Waals surface area contributed by atoms with Gasteiger partial charge in [-0.1, -0.05) is 48.6 Å². The summed E-state index contributed by atoms with van der Waals surface area (Å²) >= 11 is 1.69. The highest BCUT2D eigenvalue weighted by atomic mass is 32.2. The Morgan fingerprint density at radius 3 is 2.80 bits per heavy atom. The molecule has 1 aromatic heterocycles. The van der Waals surface area contributed by atoms with E-state index in [1.54, 1.807) is 11.3 Å². The molecule has 2 aromatic carbocycles. The van der Waals surface area contributed by atoms with Crippen LogP contribution in [0.3, 0.4) is 0 Å². The largest absolute Gasteiger partial charge is 0.272 e. The number of hydrogen-bond acceptors (Lipinski definition) is 3. The van der Waals surface area contributed by atoms with Gasteiger partial charge in [0, 0.05) is 14.5 Å². The van der Waals surface area contributed by atoms with Gasteiger partial charge in [0.05, 0.1) is 11.3 Å². The van der Waals surface area contributed by atoms with Crippen molar-refractivity contribution in [2.24, 2.45) is 10.9 Å². The molecule has 2 aliphatic heterocycles. The summed E-state index contributed by atoms with van der Waals surface area (Å²) in [7, 11) is -1.38. The van der Waals surface area contributed by atoms with Crippen LogP contribution < -0.4 is 0 Å². The molecule has 0 fully saturated rings. The SMILES string of the molecule is O=C1N=C2S(=O)c3ccccc3C23c2sc4ccccc4c2C=CC13. The topological polar surface area (TPSA) is 46.5 Å². The summed E-state index contributed by atoms with van der Waals surface area (Å²) in [5.41, 5.74) is 1.42. The van der Waals surface area contributed by atoms with Crippen molar-refractivity contribution in [3.63, 3.8) is 0 Å². The maximum atomic E-state index is 13.1. The van der Waals surface area contributed by atoms with E-state index in [4.69, 9.17) is 0 Å². The molecule has 1 amide bonds. The van der Waals surface area contributed by atoms with E-state index in [-0.39, 0.29) is 5.91 Å². The monoisotopic (exact) mass is 361 g/mol. The zero-order valence-electron chi connectivity index (χ0n) is 12.9. The van der Waals surface area contributed by atoms with E-state index in [1.165, 1.54) is 10.1 Å². The smallest absolute Gasteiger partial charge is 0.255 e. The summed E-state index contributed by atoms with van der Waals surface area (Å²) in [6.45, 7) is 0. The molecule has 0 saturated heterocycles. The molecule has 25 heavy (non-hydrogen) atoms. The molecule has 0 bridgehead atoms.